The van der Waals surface area contributed by atoms with Gasteiger partial charge >= 0.3 is 5.97 Å². The van der Waals surface area contributed by atoms with Gasteiger partial charge < -0.3 is 14.9 Å². The van der Waals surface area contributed by atoms with E-state index in [1.807, 2.05) is 35.2 Å². The first-order valence-corrected chi connectivity index (χ1v) is 9.82. The second-order valence-corrected chi connectivity index (χ2v) is 8.34. The molecular weight excluding hydrogens is 344 g/mol. The molecule has 144 valence electrons. The number of nitrogens with zero attached hydrogens (tertiary/aromatic N) is 2. The predicted molar refractivity (Wildman–Crippen MR) is 98.9 cm³/mol. The zero-order chi connectivity index (χ0) is 19.0. The van der Waals surface area contributed by atoms with Crippen molar-refractivity contribution in [1.29, 1.82) is 0 Å². The first kappa shape index (κ1) is 18.0. The highest BCUT2D eigenvalue weighted by molar-refractivity contribution is 5.86. The van der Waals surface area contributed by atoms with E-state index in [0.717, 1.165) is 31.2 Å². The Bertz CT molecular complexity index is 736. The average Bonchev–Trinajstić information content (AvgIpc) is 3.45. The molecule has 0 bridgehead atoms. The lowest BCUT2D eigenvalue weighted by Gasteiger charge is -2.39. The van der Waals surface area contributed by atoms with Gasteiger partial charge in [-0.2, -0.15) is 0 Å². The van der Waals surface area contributed by atoms with Crippen molar-refractivity contribution in [3.8, 4) is 0 Å². The summed E-state index contributed by atoms with van der Waals surface area (Å²) in [7, 11) is 0. The molecule has 3 aliphatic rings. The lowest BCUT2D eigenvalue weighted by Crippen LogP contribution is -2.45. The van der Waals surface area contributed by atoms with E-state index in [4.69, 9.17) is 0 Å². The maximum absolute atomic E-state index is 12.8. The van der Waals surface area contributed by atoms with Crippen molar-refractivity contribution in [2.45, 2.75) is 44.6 Å². The summed E-state index contributed by atoms with van der Waals surface area (Å²) >= 11 is 0. The predicted octanol–water partition coefficient (Wildman–Crippen LogP) is 1.93. The summed E-state index contributed by atoms with van der Waals surface area (Å²) in [5, 5.41) is 9.68. The summed E-state index contributed by atoms with van der Waals surface area (Å²) in [6.07, 6.45) is 4.29. The number of likely N-dealkylation sites (tertiary alicyclic amines) is 2. The standard InChI is InChI=1S/C21H26N2O4/c24-18(12-15-4-2-1-3-5-15)23-14-21(13-17(23)20(26)27)8-10-22(11-9-21)19(25)16-6-7-16/h1-5,16-17H,6-14H2,(H,26,27). The van der Waals surface area contributed by atoms with Crippen LogP contribution in [0.1, 0.15) is 37.7 Å². The van der Waals surface area contributed by atoms with Crippen LogP contribution in [-0.2, 0) is 20.8 Å². The molecule has 1 aliphatic carbocycles. The number of aliphatic carboxylic acids is 1. The zero-order valence-corrected chi connectivity index (χ0v) is 15.5. The van der Waals surface area contributed by atoms with Crippen molar-refractivity contribution >= 4 is 17.8 Å². The number of carbonyl (C=O) groups is 3. The van der Waals surface area contributed by atoms with Crippen LogP contribution in [0.25, 0.3) is 0 Å². The van der Waals surface area contributed by atoms with E-state index < -0.39 is 12.0 Å². The molecule has 2 aliphatic heterocycles. The minimum Gasteiger partial charge on any atom is -0.480 e. The molecule has 27 heavy (non-hydrogen) atoms. The molecule has 2 heterocycles. The molecule has 1 atom stereocenters. The molecule has 1 aromatic carbocycles. The number of hydrogen-bond acceptors (Lipinski definition) is 3. The number of benzene rings is 1. The molecule has 1 unspecified atom stereocenters. The molecule has 2 saturated heterocycles. The Morgan fingerprint density at radius 3 is 2.33 bits per heavy atom. The van der Waals surface area contributed by atoms with E-state index in [1.165, 1.54) is 0 Å². The second-order valence-electron chi connectivity index (χ2n) is 8.34. The fourth-order valence-corrected chi connectivity index (χ4v) is 4.56. The number of piperidine rings is 1. The van der Waals surface area contributed by atoms with Gasteiger partial charge in [0.15, 0.2) is 0 Å². The Morgan fingerprint density at radius 2 is 1.74 bits per heavy atom. The molecule has 4 rings (SSSR count). The van der Waals surface area contributed by atoms with Gasteiger partial charge in [-0.05, 0) is 43.1 Å². The summed E-state index contributed by atoms with van der Waals surface area (Å²) in [5.41, 5.74) is 0.730. The van der Waals surface area contributed by atoms with Crippen LogP contribution in [0.2, 0.25) is 0 Å². The van der Waals surface area contributed by atoms with Gasteiger partial charge in [0.05, 0.1) is 6.42 Å². The molecule has 1 N–H and O–H groups in total. The maximum Gasteiger partial charge on any atom is 0.326 e. The molecule has 1 saturated carbocycles. The summed E-state index contributed by atoms with van der Waals surface area (Å²) in [6.45, 7) is 1.85. The first-order valence-electron chi connectivity index (χ1n) is 9.82. The maximum atomic E-state index is 12.8. The van der Waals surface area contributed by atoms with E-state index in [1.54, 1.807) is 4.90 Å². The highest BCUT2D eigenvalue weighted by atomic mass is 16.4. The molecule has 3 fully saturated rings. The summed E-state index contributed by atoms with van der Waals surface area (Å²) in [4.78, 5) is 40.4. The second kappa shape index (κ2) is 6.98. The minimum absolute atomic E-state index is 0.123. The molecule has 2 amide bonds. The third-order valence-corrected chi connectivity index (χ3v) is 6.37. The van der Waals surface area contributed by atoms with Crippen molar-refractivity contribution in [1.82, 2.24) is 9.80 Å². The normalized spacial score (nSPS) is 24.2. The van der Waals surface area contributed by atoms with Crippen molar-refractivity contribution in [2.24, 2.45) is 11.3 Å². The highest BCUT2D eigenvalue weighted by Crippen LogP contribution is 2.44. The number of hydrogen-bond donors (Lipinski definition) is 1. The van der Waals surface area contributed by atoms with Crippen LogP contribution < -0.4 is 0 Å². The number of carboxylic acids is 1. The van der Waals surface area contributed by atoms with Crippen LogP contribution in [0, 0.1) is 11.3 Å². The van der Waals surface area contributed by atoms with E-state index >= 15 is 0 Å². The van der Waals surface area contributed by atoms with Crippen LogP contribution in [0.5, 0.6) is 0 Å². The van der Waals surface area contributed by atoms with Crippen LogP contribution in [0.4, 0.5) is 0 Å². The Morgan fingerprint density at radius 1 is 1.07 bits per heavy atom. The summed E-state index contributed by atoms with van der Waals surface area (Å²) in [5.74, 6) is -0.570. The molecule has 1 aromatic rings. The molecule has 0 radical (unpaired) electrons. The van der Waals surface area contributed by atoms with E-state index in [9.17, 15) is 19.5 Å². The van der Waals surface area contributed by atoms with Crippen molar-refractivity contribution in [3.05, 3.63) is 35.9 Å². The summed E-state index contributed by atoms with van der Waals surface area (Å²) in [6, 6.07) is 8.69. The third kappa shape index (κ3) is 3.70. The number of carboxylic acid groups (broad SMARTS) is 1. The number of amides is 2. The Kier molecular flexibility index (Phi) is 4.66. The number of rotatable bonds is 4. The first-order chi connectivity index (χ1) is 13.0. The van der Waals surface area contributed by atoms with Crippen LogP contribution >= 0.6 is 0 Å². The molecule has 6 heteroatoms. The van der Waals surface area contributed by atoms with E-state index in [-0.39, 0.29) is 29.6 Å². The molecule has 6 nitrogen and oxygen atoms in total. The Hall–Kier alpha value is -2.37. The molecular formula is C21H26N2O4. The van der Waals surface area contributed by atoms with Crippen LogP contribution in [-0.4, -0.2) is 58.4 Å². The van der Waals surface area contributed by atoms with Gasteiger partial charge in [-0.25, -0.2) is 4.79 Å². The van der Waals surface area contributed by atoms with E-state index in [0.29, 0.717) is 26.1 Å². The van der Waals surface area contributed by atoms with Gasteiger partial charge in [-0.15, -0.1) is 0 Å². The van der Waals surface area contributed by atoms with Gasteiger partial charge in [0, 0.05) is 25.6 Å². The molecule has 0 aromatic heterocycles. The van der Waals surface area contributed by atoms with Gasteiger partial charge in [0.25, 0.3) is 0 Å². The topological polar surface area (TPSA) is 77.9 Å². The smallest absolute Gasteiger partial charge is 0.326 e. The fraction of sp³-hybridized carbons (Fsp3) is 0.571. The lowest BCUT2D eigenvalue weighted by molar-refractivity contribution is -0.148. The monoisotopic (exact) mass is 370 g/mol. The molecule has 1 spiro atoms. The summed E-state index contributed by atoms with van der Waals surface area (Å²) < 4.78 is 0. The van der Waals surface area contributed by atoms with E-state index in [2.05, 4.69) is 0 Å². The zero-order valence-electron chi connectivity index (χ0n) is 15.5. The van der Waals surface area contributed by atoms with Crippen molar-refractivity contribution in [2.75, 3.05) is 19.6 Å². The van der Waals surface area contributed by atoms with Gasteiger partial charge in [-0.3, -0.25) is 9.59 Å². The van der Waals surface area contributed by atoms with Crippen molar-refractivity contribution in [3.63, 3.8) is 0 Å². The number of carbonyl (C=O) groups excluding carboxylic acids is 2. The lowest BCUT2D eigenvalue weighted by atomic mass is 9.76. The Balaban J connectivity index is 1.43. The Labute approximate surface area is 159 Å². The fourth-order valence-electron chi connectivity index (χ4n) is 4.56. The SMILES string of the molecule is O=C(O)C1CC2(CCN(C(=O)C3CC3)CC2)CN1C(=O)Cc1ccccc1. The third-order valence-electron chi connectivity index (χ3n) is 6.37. The van der Waals surface area contributed by atoms with Crippen molar-refractivity contribution < 1.29 is 19.5 Å². The largest absolute Gasteiger partial charge is 0.480 e. The quantitative estimate of drug-likeness (QED) is 0.879. The van der Waals surface area contributed by atoms with Gasteiger partial charge in [0.1, 0.15) is 6.04 Å². The van der Waals surface area contributed by atoms with Crippen LogP contribution in [0.15, 0.2) is 30.3 Å². The van der Waals surface area contributed by atoms with Gasteiger partial charge in [0.2, 0.25) is 11.8 Å². The minimum atomic E-state index is -0.926. The van der Waals surface area contributed by atoms with Crippen LogP contribution in [0.3, 0.4) is 0 Å². The highest BCUT2D eigenvalue weighted by Gasteiger charge is 2.50. The average molecular weight is 370 g/mol. The van der Waals surface area contributed by atoms with Gasteiger partial charge in [-0.1, -0.05) is 30.3 Å².